The maximum Gasteiger partial charge on any atom is 0.238 e. The first-order valence-corrected chi connectivity index (χ1v) is 7.40. The van der Waals surface area contributed by atoms with Gasteiger partial charge in [0.2, 0.25) is 10.0 Å². The Morgan fingerprint density at radius 2 is 1.75 bits per heavy atom. The molecular formula is C14H13N3O2S. The Balaban J connectivity index is 2.10. The van der Waals surface area contributed by atoms with E-state index in [9.17, 15) is 8.42 Å². The van der Waals surface area contributed by atoms with Crippen molar-refractivity contribution in [1.82, 2.24) is 0 Å². The van der Waals surface area contributed by atoms with Gasteiger partial charge in [-0.05, 0) is 29.8 Å². The molecule has 0 aromatic heterocycles. The molecule has 0 aliphatic carbocycles. The van der Waals surface area contributed by atoms with Crippen LogP contribution < -0.4 is 10.5 Å². The Morgan fingerprint density at radius 3 is 2.35 bits per heavy atom. The molecule has 20 heavy (non-hydrogen) atoms. The van der Waals surface area contributed by atoms with E-state index in [0.29, 0.717) is 12.1 Å². The average molecular weight is 287 g/mol. The molecule has 0 bridgehead atoms. The van der Waals surface area contributed by atoms with E-state index < -0.39 is 10.0 Å². The SMILES string of the molecule is N#Cc1ccccc1NCc1ccc(S(N)(=O)=O)cc1. The molecule has 0 fully saturated rings. The third-order valence-corrected chi connectivity index (χ3v) is 3.71. The van der Waals surface area contributed by atoms with Crippen LogP contribution in [0.3, 0.4) is 0 Å². The van der Waals surface area contributed by atoms with E-state index in [1.807, 2.05) is 12.1 Å². The number of sulfonamides is 1. The highest BCUT2D eigenvalue weighted by molar-refractivity contribution is 7.89. The van der Waals surface area contributed by atoms with Crippen molar-refractivity contribution in [3.05, 3.63) is 59.7 Å². The number of anilines is 1. The molecule has 2 aromatic carbocycles. The van der Waals surface area contributed by atoms with Gasteiger partial charge in [0.15, 0.2) is 0 Å². The number of hydrogen-bond acceptors (Lipinski definition) is 4. The quantitative estimate of drug-likeness (QED) is 0.896. The fourth-order valence-electron chi connectivity index (χ4n) is 1.73. The molecule has 6 heteroatoms. The number of nitrogens with one attached hydrogen (secondary N) is 1. The van der Waals surface area contributed by atoms with Crippen molar-refractivity contribution in [3.63, 3.8) is 0 Å². The molecule has 0 unspecified atom stereocenters. The van der Waals surface area contributed by atoms with E-state index in [2.05, 4.69) is 11.4 Å². The van der Waals surface area contributed by atoms with Crippen LogP contribution >= 0.6 is 0 Å². The summed E-state index contributed by atoms with van der Waals surface area (Å²) in [7, 11) is -3.66. The van der Waals surface area contributed by atoms with Crippen LogP contribution in [-0.2, 0) is 16.6 Å². The van der Waals surface area contributed by atoms with Crippen molar-refractivity contribution >= 4 is 15.7 Å². The zero-order valence-electron chi connectivity index (χ0n) is 10.6. The van der Waals surface area contributed by atoms with Crippen molar-refractivity contribution in [3.8, 4) is 6.07 Å². The normalized spacial score (nSPS) is 10.8. The second-order valence-electron chi connectivity index (χ2n) is 4.20. The van der Waals surface area contributed by atoms with E-state index in [4.69, 9.17) is 10.4 Å². The van der Waals surface area contributed by atoms with Crippen molar-refractivity contribution in [2.75, 3.05) is 5.32 Å². The number of primary sulfonamides is 1. The van der Waals surface area contributed by atoms with Crippen LogP contribution in [0.15, 0.2) is 53.4 Å². The highest BCUT2D eigenvalue weighted by Crippen LogP contribution is 2.15. The van der Waals surface area contributed by atoms with Crippen LogP contribution in [0.25, 0.3) is 0 Å². The van der Waals surface area contributed by atoms with Gasteiger partial charge < -0.3 is 5.32 Å². The van der Waals surface area contributed by atoms with Crippen LogP contribution in [0.1, 0.15) is 11.1 Å². The third-order valence-electron chi connectivity index (χ3n) is 2.78. The zero-order chi connectivity index (χ0) is 14.6. The minimum absolute atomic E-state index is 0.0821. The topological polar surface area (TPSA) is 96.0 Å². The van der Waals surface area contributed by atoms with Gasteiger partial charge in [0, 0.05) is 6.54 Å². The molecule has 0 radical (unpaired) electrons. The molecule has 5 nitrogen and oxygen atoms in total. The maximum atomic E-state index is 11.1. The van der Waals surface area contributed by atoms with Crippen LogP contribution in [0, 0.1) is 11.3 Å². The number of benzene rings is 2. The molecular weight excluding hydrogens is 274 g/mol. The first-order chi connectivity index (χ1) is 9.50. The summed E-state index contributed by atoms with van der Waals surface area (Å²) in [6.45, 7) is 0.490. The predicted molar refractivity (Wildman–Crippen MR) is 76.3 cm³/mol. The molecule has 0 saturated carbocycles. The number of nitrogens with two attached hydrogens (primary N) is 1. The summed E-state index contributed by atoms with van der Waals surface area (Å²) in [5.74, 6) is 0. The first kappa shape index (κ1) is 14.1. The van der Waals surface area contributed by atoms with Gasteiger partial charge in [0.25, 0.3) is 0 Å². The number of rotatable bonds is 4. The van der Waals surface area contributed by atoms with Crippen LogP contribution in [0.5, 0.6) is 0 Å². The lowest BCUT2D eigenvalue weighted by Crippen LogP contribution is -2.12. The Bertz CT molecular complexity index is 747. The second-order valence-corrected chi connectivity index (χ2v) is 5.76. The molecule has 0 aliphatic heterocycles. The molecule has 102 valence electrons. The van der Waals surface area contributed by atoms with E-state index in [0.717, 1.165) is 11.3 Å². The Labute approximate surface area is 117 Å². The van der Waals surface area contributed by atoms with Gasteiger partial charge >= 0.3 is 0 Å². The zero-order valence-corrected chi connectivity index (χ0v) is 11.4. The van der Waals surface area contributed by atoms with Gasteiger partial charge in [-0.25, -0.2) is 13.6 Å². The van der Waals surface area contributed by atoms with Gasteiger partial charge in [0.1, 0.15) is 6.07 Å². The fourth-order valence-corrected chi connectivity index (χ4v) is 2.24. The largest absolute Gasteiger partial charge is 0.380 e. The van der Waals surface area contributed by atoms with Gasteiger partial charge in [0.05, 0.1) is 16.1 Å². The first-order valence-electron chi connectivity index (χ1n) is 5.85. The number of nitriles is 1. The Morgan fingerprint density at radius 1 is 1.10 bits per heavy atom. The molecule has 0 amide bonds. The highest BCUT2D eigenvalue weighted by Gasteiger charge is 2.06. The standard InChI is InChI=1S/C14H13N3O2S/c15-9-12-3-1-2-4-14(12)17-10-11-5-7-13(8-6-11)20(16,18)19/h1-8,17H,10H2,(H2,16,18,19). The molecule has 0 heterocycles. The molecule has 3 N–H and O–H groups in total. The molecule has 0 saturated heterocycles. The van der Waals surface area contributed by atoms with E-state index in [1.54, 1.807) is 24.3 Å². The van der Waals surface area contributed by atoms with E-state index in [1.165, 1.54) is 12.1 Å². The van der Waals surface area contributed by atoms with Crippen LogP contribution in [0.2, 0.25) is 0 Å². The van der Waals surface area contributed by atoms with Crippen LogP contribution in [0.4, 0.5) is 5.69 Å². The average Bonchev–Trinajstić information content (AvgIpc) is 2.45. The van der Waals surface area contributed by atoms with E-state index in [-0.39, 0.29) is 4.90 Å². The monoisotopic (exact) mass is 287 g/mol. The summed E-state index contributed by atoms with van der Waals surface area (Å²) in [6, 6.07) is 15.6. The summed E-state index contributed by atoms with van der Waals surface area (Å²) in [6.07, 6.45) is 0. The predicted octanol–water partition coefficient (Wildman–Crippen LogP) is 1.82. The summed E-state index contributed by atoms with van der Waals surface area (Å²) in [5, 5.41) is 17.1. The molecule has 0 aliphatic rings. The lowest BCUT2D eigenvalue weighted by atomic mass is 10.1. The summed E-state index contributed by atoms with van der Waals surface area (Å²) >= 11 is 0. The minimum Gasteiger partial charge on any atom is -0.380 e. The number of para-hydroxylation sites is 1. The maximum absolute atomic E-state index is 11.1. The molecule has 0 spiro atoms. The van der Waals surface area contributed by atoms with Gasteiger partial charge in [-0.2, -0.15) is 5.26 Å². The number of nitrogens with zero attached hydrogens (tertiary/aromatic N) is 1. The van der Waals surface area contributed by atoms with Gasteiger partial charge in [-0.15, -0.1) is 0 Å². The second kappa shape index (κ2) is 5.74. The minimum atomic E-state index is -3.66. The highest BCUT2D eigenvalue weighted by atomic mass is 32.2. The van der Waals surface area contributed by atoms with E-state index >= 15 is 0 Å². The molecule has 2 rings (SSSR count). The van der Waals surface area contributed by atoms with Crippen molar-refractivity contribution in [2.24, 2.45) is 5.14 Å². The Hall–Kier alpha value is -2.36. The van der Waals surface area contributed by atoms with Crippen molar-refractivity contribution in [2.45, 2.75) is 11.4 Å². The van der Waals surface area contributed by atoms with Gasteiger partial charge in [-0.3, -0.25) is 0 Å². The van der Waals surface area contributed by atoms with Gasteiger partial charge in [-0.1, -0.05) is 24.3 Å². The fraction of sp³-hybridized carbons (Fsp3) is 0.0714. The summed E-state index contributed by atoms with van der Waals surface area (Å²) < 4.78 is 22.3. The van der Waals surface area contributed by atoms with Crippen molar-refractivity contribution in [1.29, 1.82) is 5.26 Å². The summed E-state index contributed by atoms with van der Waals surface area (Å²) in [4.78, 5) is 0.0821. The third kappa shape index (κ3) is 3.35. The van der Waals surface area contributed by atoms with Crippen molar-refractivity contribution < 1.29 is 8.42 Å². The molecule has 2 aromatic rings. The smallest absolute Gasteiger partial charge is 0.238 e. The van der Waals surface area contributed by atoms with Crippen LogP contribution in [-0.4, -0.2) is 8.42 Å². The lowest BCUT2D eigenvalue weighted by Gasteiger charge is -2.08. The molecule has 0 atom stereocenters. The number of hydrogen-bond donors (Lipinski definition) is 2. The summed E-state index contributed by atoms with van der Waals surface area (Å²) in [5.41, 5.74) is 2.20. The lowest BCUT2D eigenvalue weighted by molar-refractivity contribution is 0.598. The Kier molecular flexibility index (Phi) is 4.03.